The summed E-state index contributed by atoms with van der Waals surface area (Å²) in [4.78, 5) is 24.2. The number of pyridine rings is 2. The predicted molar refractivity (Wildman–Crippen MR) is 127 cm³/mol. The van der Waals surface area contributed by atoms with Gasteiger partial charge < -0.3 is 14.6 Å². The lowest BCUT2D eigenvalue weighted by molar-refractivity contribution is 0.102. The third-order valence-corrected chi connectivity index (χ3v) is 6.36. The van der Waals surface area contributed by atoms with Crippen LogP contribution in [0.15, 0.2) is 36.7 Å². The molecule has 1 aliphatic rings. The Bertz CT molecular complexity index is 1260. The molecule has 1 N–H and O–H groups in total. The van der Waals surface area contributed by atoms with Crippen LogP contribution in [0.25, 0.3) is 5.65 Å². The van der Waals surface area contributed by atoms with E-state index < -0.39 is 10.1 Å². The zero-order valence-corrected chi connectivity index (χ0v) is 19.9. The quantitative estimate of drug-likeness (QED) is 0.528. The summed E-state index contributed by atoms with van der Waals surface area (Å²) in [7, 11) is -3.49. The first-order valence-electron chi connectivity index (χ1n) is 11.0. The summed E-state index contributed by atoms with van der Waals surface area (Å²) in [5.41, 5.74) is 4.17. The summed E-state index contributed by atoms with van der Waals surface area (Å²) >= 11 is 0. The van der Waals surface area contributed by atoms with Gasteiger partial charge in [-0.25, -0.2) is 9.97 Å². The number of piperidine rings is 1. The van der Waals surface area contributed by atoms with Crippen LogP contribution in [-0.4, -0.2) is 54.6 Å². The van der Waals surface area contributed by atoms with Gasteiger partial charge in [0.2, 0.25) is 0 Å². The molecule has 1 saturated heterocycles. The second kappa shape index (κ2) is 9.48. The van der Waals surface area contributed by atoms with E-state index in [1.807, 2.05) is 41.9 Å². The average Bonchev–Trinajstić information content (AvgIpc) is 3.14. The molecule has 0 saturated carbocycles. The highest BCUT2D eigenvalue weighted by atomic mass is 32.2. The number of fused-ring (bicyclic) bond motifs is 1. The number of nitrogens with one attached hydrogen (secondary N) is 1. The summed E-state index contributed by atoms with van der Waals surface area (Å²) in [5.74, 6) is 0.402. The first kappa shape index (κ1) is 23.2. The van der Waals surface area contributed by atoms with E-state index in [2.05, 4.69) is 27.1 Å². The Labute approximate surface area is 193 Å². The Morgan fingerprint density at radius 2 is 1.97 bits per heavy atom. The summed E-state index contributed by atoms with van der Waals surface area (Å²) in [5, 5.41) is 3.03. The van der Waals surface area contributed by atoms with Crippen LogP contribution >= 0.6 is 0 Å². The molecule has 9 nitrogen and oxygen atoms in total. The molecule has 0 spiro atoms. The first-order chi connectivity index (χ1) is 15.7. The second-order valence-electron chi connectivity index (χ2n) is 8.63. The van der Waals surface area contributed by atoms with Gasteiger partial charge in [0.05, 0.1) is 29.9 Å². The lowest BCUT2D eigenvalue weighted by Gasteiger charge is -2.33. The normalized spacial score (nSPS) is 15.2. The number of nitrogens with zero attached hydrogens (tertiary/aromatic N) is 4. The molecule has 10 heteroatoms. The highest BCUT2D eigenvalue weighted by Crippen LogP contribution is 2.31. The summed E-state index contributed by atoms with van der Waals surface area (Å²) in [6, 6.07) is 7.33. The van der Waals surface area contributed by atoms with Gasteiger partial charge in [0.15, 0.2) is 0 Å². The Morgan fingerprint density at radius 1 is 1.21 bits per heavy atom. The second-order valence-corrected chi connectivity index (χ2v) is 10.3. The minimum absolute atomic E-state index is 0.0300. The molecular weight excluding hydrogens is 442 g/mol. The molecule has 3 aromatic rings. The van der Waals surface area contributed by atoms with Gasteiger partial charge in [-0.2, -0.15) is 8.42 Å². The van der Waals surface area contributed by atoms with Crippen LogP contribution in [0.4, 0.5) is 11.4 Å². The van der Waals surface area contributed by atoms with E-state index in [0.717, 1.165) is 49.2 Å². The monoisotopic (exact) mass is 471 g/mol. The summed E-state index contributed by atoms with van der Waals surface area (Å²) in [6.45, 7) is 5.94. The number of anilines is 2. The third-order valence-electron chi connectivity index (χ3n) is 5.77. The largest absolute Gasteiger partial charge is 0.370 e. The van der Waals surface area contributed by atoms with Crippen LogP contribution in [0.2, 0.25) is 0 Å². The number of amides is 1. The fourth-order valence-corrected chi connectivity index (χ4v) is 4.34. The lowest BCUT2D eigenvalue weighted by Crippen LogP contribution is -2.33. The molecule has 4 heterocycles. The number of carbonyl (C=O) groups excluding carboxylic acids is 1. The number of aryl methyl sites for hydroxylation is 1. The maximum absolute atomic E-state index is 12.9. The molecule has 1 aliphatic heterocycles. The highest BCUT2D eigenvalue weighted by molar-refractivity contribution is 7.85. The van der Waals surface area contributed by atoms with Gasteiger partial charge in [0.25, 0.3) is 16.0 Å². The van der Waals surface area contributed by atoms with E-state index in [-0.39, 0.29) is 12.5 Å². The maximum atomic E-state index is 12.9. The van der Waals surface area contributed by atoms with Crippen LogP contribution in [0.3, 0.4) is 0 Å². The molecule has 1 fully saturated rings. The van der Waals surface area contributed by atoms with Gasteiger partial charge in [0.1, 0.15) is 11.3 Å². The number of rotatable bonds is 7. The topological polar surface area (TPSA) is 106 Å². The Balaban J connectivity index is 1.64. The van der Waals surface area contributed by atoms with E-state index >= 15 is 0 Å². The molecule has 0 unspecified atom stereocenters. The molecule has 0 atom stereocenters. The standard InChI is InChI=1S/C23H29N5O4S/c1-16-7-10-27(11-8-16)21-13-22-25-18(9-12-32-33(3,30)31)14-28(22)15-20(21)26-23(29)19-6-4-5-17(2)24-19/h4-6,13-16H,7-12H2,1-3H3,(H,26,29). The van der Waals surface area contributed by atoms with Crippen molar-refractivity contribution in [2.24, 2.45) is 5.92 Å². The lowest BCUT2D eigenvalue weighted by atomic mass is 9.99. The zero-order chi connectivity index (χ0) is 23.6. The van der Waals surface area contributed by atoms with Gasteiger partial charge >= 0.3 is 0 Å². The fraction of sp³-hybridized carbons (Fsp3) is 0.435. The molecule has 33 heavy (non-hydrogen) atoms. The third kappa shape index (κ3) is 5.88. The SMILES string of the molecule is Cc1cccc(C(=O)Nc2cn3cc(CCOS(C)(=O)=O)nc3cc2N2CCC(C)CC2)n1. The van der Waals surface area contributed by atoms with Crippen LogP contribution in [0, 0.1) is 12.8 Å². The van der Waals surface area contributed by atoms with E-state index in [1.54, 1.807) is 6.07 Å². The Hall–Kier alpha value is -2.98. The van der Waals surface area contributed by atoms with Crippen molar-refractivity contribution in [3.63, 3.8) is 0 Å². The number of hydrogen-bond acceptors (Lipinski definition) is 7. The molecule has 0 aliphatic carbocycles. The van der Waals surface area contributed by atoms with Crippen molar-refractivity contribution in [1.29, 1.82) is 0 Å². The molecule has 1 amide bonds. The minimum atomic E-state index is -3.49. The fourth-order valence-electron chi connectivity index (χ4n) is 3.96. The summed E-state index contributed by atoms with van der Waals surface area (Å²) in [6.07, 6.45) is 7.23. The van der Waals surface area contributed by atoms with Gasteiger partial charge in [-0.05, 0) is 37.8 Å². The van der Waals surface area contributed by atoms with Gasteiger partial charge in [-0.1, -0.05) is 13.0 Å². The van der Waals surface area contributed by atoms with Gasteiger partial charge in [-0.15, -0.1) is 0 Å². The minimum Gasteiger partial charge on any atom is -0.370 e. The van der Waals surface area contributed by atoms with Crippen LogP contribution in [-0.2, 0) is 20.7 Å². The van der Waals surface area contributed by atoms with Crippen molar-refractivity contribution in [3.05, 3.63) is 53.7 Å². The van der Waals surface area contributed by atoms with Crippen LogP contribution in [0.5, 0.6) is 0 Å². The van der Waals surface area contributed by atoms with Crippen molar-refractivity contribution < 1.29 is 17.4 Å². The van der Waals surface area contributed by atoms with Crippen LogP contribution in [0.1, 0.15) is 41.6 Å². The zero-order valence-electron chi connectivity index (χ0n) is 19.1. The molecule has 0 aromatic carbocycles. The number of aromatic nitrogens is 3. The molecule has 4 rings (SSSR count). The predicted octanol–water partition coefficient (Wildman–Crippen LogP) is 3.05. The molecule has 0 bridgehead atoms. The smallest absolute Gasteiger partial charge is 0.274 e. The molecule has 176 valence electrons. The first-order valence-corrected chi connectivity index (χ1v) is 12.9. The van der Waals surface area contributed by atoms with Gasteiger partial charge in [0, 0.05) is 43.7 Å². The van der Waals surface area contributed by atoms with E-state index in [1.165, 1.54) is 0 Å². The van der Waals surface area contributed by atoms with Crippen LogP contribution < -0.4 is 10.2 Å². The number of imidazole rings is 1. The van der Waals surface area contributed by atoms with Crippen molar-refractivity contribution in [2.75, 3.05) is 36.2 Å². The average molecular weight is 472 g/mol. The van der Waals surface area contributed by atoms with E-state index in [0.29, 0.717) is 29.4 Å². The Kier molecular flexibility index (Phi) is 6.66. The molecular formula is C23H29N5O4S. The number of carbonyl (C=O) groups is 1. The van der Waals surface area contributed by atoms with E-state index in [9.17, 15) is 13.2 Å². The van der Waals surface area contributed by atoms with Crippen molar-refractivity contribution in [1.82, 2.24) is 14.4 Å². The van der Waals surface area contributed by atoms with Crippen molar-refractivity contribution >= 4 is 33.0 Å². The molecule has 0 radical (unpaired) electrons. The van der Waals surface area contributed by atoms with Gasteiger partial charge in [-0.3, -0.25) is 8.98 Å². The Morgan fingerprint density at radius 3 is 2.67 bits per heavy atom. The maximum Gasteiger partial charge on any atom is 0.274 e. The van der Waals surface area contributed by atoms with E-state index in [4.69, 9.17) is 4.18 Å². The number of hydrogen-bond donors (Lipinski definition) is 1. The summed E-state index contributed by atoms with van der Waals surface area (Å²) < 4.78 is 29.1. The van der Waals surface area contributed by atoms with Crippen molar-refractivity contribution in [3.8, 4) is 0 Å². The molecule has 3 aromatic heterocycles. The van der Waals surface area contributed by atoms with Crippen molar-refractivity contribution in [2.45, 2.75) is 33.1 Å². The highest BCUT2D eigenvalue weighted by Gasteiger charge is 2.21.